The predicted octanol–water partition coefficient (Wildman–Crippen LogP) is 3.39. The van der Waals surface area contributed by atoms with Crippen molar-refractivity contribution < 1.29 is 9.52 Å². The predicted molar refractivity (Wildman–Crippen MR) is 73.9 cm³/mol. The first kappa shape index (κ1) is 11.9. The molecule has 0 saturated heterocycles. The molecule has 1 unspecified atom stereocenters. The van der Waals surface area contributed by atoms with Gasteiger partial charge in [-0.05, 0) is 38.1 Å². The summed E-state index contributed by atoms with van der Waals surface area (Å²) in [6.07, 6.45) is 3.33. The number of pyridine rings is 1. The number of aromatic nitrogens is 1. The average Bonchev–Trinajstić information content (AvgIpc) is 2.83. The molecule has 3 heteroatoms. The summed E-state index contributed by atoms with van der Waals surface area (Å²) in [5, 5.41) is 11.7. The molecule has 0 amide bonds. The van der Waals surface area contributed by atoms with E-state index in [-0.39, 0.29) is 0 Å². The number of aryl methyl sites for hydroxylation is 1. The van der Waals surface area contributed by atoms with E-state index in [2.05, 4.69) is 4.98 Å². The van der Waals surface area contributed by atoms with E-state index in [9.17, 15) is 5.11 Å². The third-order valence-corrected chi connectivity index (χ3v) is 3.38. The Bertz CT molecular complexity index is 714. The highest BCUT2D eigenvalue weighted by molar-refractivity contribution is 5.79. The quantitative estimate of drug-likeness (QED) is 0.761. The van der Waals surface area contributed by atoms with E-state index in [1.54, 1.807) is 25.4 Å². The summed E-state index contributed by atoms with van der Waals surface area (Å²) in [7, 11) is 0. The first-order chi connectivity index (χ1) is 9.07. The molecule has 0 spiro atoms. The Hall–Kier alpha value is -2.13. The molecule has 0 aliphatic rings. The van der Waals surface area contributed by atoms with Crippen LogP contribution in [0.25, 0.3) is 11.0 Å². The van der Waals surface area contributed by atoms with Gasteiger partial charge in [0.15, 0.2) is 0 Å². The fraction of sp³-hybridized carbons (Fsp3) is 0.188. The van der Waals surface area contributed by atoms with Crippen LogP contribution in [-0.4, -0.2) is 10.1 Å². The van der Waals surface area contributed by atoms with Gasteiger partial charge in [0, 0.05) is 23.3 Å². The van der Waals surface area contributed by atoms with Crippen LogP contribution in [0, 0.1) is 6.92 Å². The number of hydrogen-bond acceptors (Lipinski definition) is 3. The molecule has 0 saturated carbocycles. The molecular weight excluding hydrogens is 238 g/mol. The van der Waals surface area contributed by atoms with Gasteiger partial charge in [0.05, 0.1) is 0 Å². The molecule has 1 aromatic carbocycles. The second-order valence-electron chi connectivity index (χ2n) is 4.97. The maximum Gasteiger partial charge on any atom is 0.146 e. The smallest absolute Gasteiger partial charge is 0.146 e. The van der Waals surface area contributed by atoms with E-state index in [4.69, 9.17) is 4.42 Å². The Morgan fingerprint density at radius 3 is 2.79 bits per heavy atom. The number of nitrogens with zero attached hydrogens (tertiary/aromatic N) is 1. The molecule has 3 nitrogen and oxygen atoms in total. The molecule has 3 aromatic rings. The van der Waals surface area contributed by atoms with Gasteiger partial charge in [0.25, 0.3) is 0 Å². The summed E-state index contributed by atoms with van der Waals surface area (Å²) in [4.78, 5) is 4.04. The van der Waals surface area contributed by atoms with Gasteiger partial charge >= 0.3 is 0 Å². The summed E-state index contributed by atoms with van der Waals surface area (Å²) < 4.78 is 5.76. The lowest BCUT2D eigenvalue weighted by Crippen LogP contribution is -2.22. The van der Waals surface area contributed by atoms with Gasteiger partial charge in [-0.3, -0.25) is 4.98 Å². The third-order valence-electron chi connectivity index (χ3n) is 3.38. The van der Waals surface area contributed by atoms with Gasteiger partial charge in [-0.25, -0.2) is 0 Å². The SMILES string of the molecule is Cc1ccc2oc(C(C)(O)c3cccnc3)cc2c1. The zero-order chi connectivity index (χ0) is 13.5. The monoisotopic (exact) mass is 253 g/mol. The molecule has 0 fully saturated rings. The molecule has 19 heavy (non-hydrogen) atoms. The van der Waals surface area contributed by atoms with Crippen LogP contribution in [0.4, 0.5) is 0 Å². The van der Waals surface area contributed by atoms with Gasteiger partial charge in [-0.1, -0.05) is 17.7 Å². The van der Waals surface area contributed by atoms with Crippen molar-refractivity contribution in [1.82, 2.24) is 4.98 Å². The minimum Gasteiger partial charge on any atom is -0.458 e. The van der Waals surface area contributed by atoms with Crippen LogP contribution in [0.15, 0.2) is 53.2 Å². The Kier molecular flexibility index (Phi) is 2.64. The van der Waals surface area contributed by atoms with Crippen LogP contribution in [0.3, 0.4) is 0 Å². The highest BCUT2D eigenvalue weighted by Crippen LogP contribution is 2.33. The Labute approximate surface area is 111 Å². The average molecular weight is 253 g/mol. The summed E-state index contributed by atoms with van der Waals surface area (Å²) in [5.74, 6) is 0.529. The minimum absolute atomic E-state index is 0.529. The molecule has 0 aliphatic carbocycles. The van der Waals surface area contributed by atoms with Crippen molar-refractivity contribution >= 4 is 11.0 Å². The fourth-order valence-electron chi connectivity index (χ4n) is 2.20. The van der Waals surface area contributed by atoms with Crippen LogP contribution in [-0.2, 0) is 5.60 Å². The molecule has 1 N–H and O–H groups in total. The number of benzene rings is 1. The van der Waals surface area contributed by atoms with E-state index in [1.165, 1.54) is 5.56 Å². The first-order valence-electron chi connectivity index (χ1n) is 6.21. The van der Waals surface area contributed by atoms with Crippen molar-refractivity contribution in [3.05, 3.63) is 65.7 Å². The van der Waals surface area contributed by atoms with Crippen molar-refractivity contribution in [3.8, 4) is 0 Å². The van der Waals surface area contributed by atoms with E-state index in [0.717, 1.165) is 11.0 Å². The summed E-state index contributed by atoms with van der Waals surface area (Å²) >= 11 is 0. The molecule has 96 valence electrons. The maximum absolute atomic E-state index is 10.7. The van der Waals surface area contributed by atoms with Crippen molar-refractivity contribution in [2.24, 2.45) is 0 Å². The Morgan fingerprint density at radius 1 is 1.21 bits per heavy atom. The van der Waals surface area contributed by atoms with E-state index in [1.807, 2.05) is 37.3 Å². The standard InChI is InChI=1S/C16H15NO2/c1-11-5-6-14-12(8-11)9-15(19-14)16(2,18)13-4-3-7-17-10-13/h3-10,18H,1-2H3. The van der Waals surface area contributed by atoms with E-state index in [0.29, 0.717) is 11.3 Å². The first-order valence-corrected chi connectivity index (χ1v) is 6.21. The van der Waals surface area contributed by atoms with E-state index < -0.39 is 5.60 Å². The lowest BCUT2D eigenvalue weighted by atomic mass is 9.95. The number of aliphatic hydroxyl groups is 1. The fourth-order valence-corrected chi connectivity index (χ4v) is 2.20. The largest absolute Gasteiger partial charge is 0.458 e. The number of fused-ring (bicyclic) bond motifs is 1. The third kappa shape index (κ3) is 2.02. The number of rotatable bonds is 2. The number of furan rings is 1. The molecule has 0 bridgehead atoms. The van der Waals surface area contributed by atoms with Crippen molar-refractivity contribution in [3.63, 3.8) is 0 Å². The highest BCUT2D eigenvalue weighted by Gasteiger charge is 2.29. The zero-order valence-corrected chi connectivity index (χ0v) is 10.9. The maximum atomic E-state index is 10.7. The molecule has 2 heterocycles. The molecular formula is C16H15NO2. The number of hydrogen-bond donors (Lipinski definition) is 1. The van der Waals surface area contributed by atoms with Crippen molar-refractivity contribution in [2.75, 3.05) is 0 Å². The molecule has 0 radical (unpaired) electrons. The van der Waals surface area contributed by atoms with Crippen molar-refractivity contribution in [1.29, 1.82) is 0 Å². The highest BCUT2D eigenvalue weighted by atomic mass is 16.4. The van der Waals surface area contributed by atoms with Crippen LogP contribution in [0.2, 0.25) is 0 Å². The Balaban J connectivity index is 2.13. The minimum atomic E-state index is -1.18. The van der Waals surface area contributed by atoms with Crippen LogP contribution in [0.5, 0.6) is 0 Å². The normalized spacial score (nSPS) is 14.5. The lowest BCUT2D eigenvalue weighted by molar-refractivity contribution is 0.0783. The second kappa shape index (κ2) is 4.21. The van der Waals surface area contributed by atoms with Crippen LogP contribution >= 0.6 is 0 Å². The summed E-state index contributed by atoms with van der Waals surface area (Å²) in [6, 6.07) is 11.5. The molecule has 0 aliphatic heterocycles. The van der Waals surface area contributed by atoms with E-state index >= 15 is 0 Å². The Morgan fingerprint density at radius 2 is 2.05 bits per heavy atom. The summed E-state index contributed by atoms with van der Waals surface area (Å²) in [6.45, 7) is 3.75. The van der Waals surface area contributed by atoms with Gasteiger partial charge in [-0.2, -0.15) is 0 Å². The van der Waals surface area contributed by atoms with Gasteiger partial charge < -0.3 is 9.52 Å². The van der Waals surface area contributed by atoms with Gasteiger partial charge in [0.2, 0.25) is 0 Å². The molecule has 3 rings (SSSR count). The topological polar surface area (TPSA) is 46.3 Å². The van der Waals surface area contributed by atoms with Gasteiger partial charge in [-0.15, -0.1) is 0 Å². The van der Waals surface area contributed by atoms with Crippen LogP contribution < -0.4 is 0 Å². The second-order valence-corrected chi connectivity index (χ2v) is 4.97. The summed E-state index contributed by atoms with van der Waals surface area (Å²) in [5.41, 5.74) is 1.48. The lowest BCUT2D eigenvalue weighted by Gasteiger charge is -2.20. The van der Waals surface area contributed by atoms with Gasteiger partial charge in [0.1, 0.15) is 16.9 Å². The molecule has 1 atom stereocenters. The molecule has 2 aromatic heterocycles. The van der Waals surface area contributed by atoms with Crippen molar-refractivity contribution in [2.45, 2.75) is 19.4 Å². The zero-order valence-electron chi connectivity index (χ0n) is 10.9. The van der Waals surface area contributed by atoms with Crippen LogP contribution in [0.1, 0.15) is 23.8 Å².